The van der Waals surface area contributed by atoms with Gasteiger partial charge in [0.1, 0.15) is 5.75 Å². The number of amides is 2. The molecular weight excluding hydrogens is 372 g/mol. The summed E-state index contributed by atoms with van der Waals surface area (Å²) in [6.07, 6.45) is 2.13. The van der Waals surface area contributed by atoms with E-state index >= 15 is 0 Å². The van der Waals surface area contributed by atoms with Crippen molar-refractivity contribution in [3.05, 3.63) is 59.2 Å². The van der Waals surface area contributed by atoms with Crippen LogP contribution in [0.25, 0.3) is 6.08 Å². The van der Waals surface area contributed by atoms with Gasteiger partial charge < -0.3 is 14.2 Å². The van der Waals surface area contributed by atoms with Crippen LogP contribution >= 0.6 is 0 Å². The molecule has 2 amide bonds. The van der Waals surface area contributed by atoms with Crippen molar-refractivity contribution in [2.24, 2.45) is 0 Å². The Morgan fingerprint density at radius 1 is 0.931 bits per heavy atom. The van der Waals surface area contributed by atoms with Crippen LogP contribution < -0.4 is 25.1 Å². The fraction of sp³-hybridized carbons (Fsp3) is 0.273. The van der Waals surface area contributed by atoms with E-state index in [2.05, 4.69) is 10.9 Å². The van der Waals surface area contributed by atoms with Crippen molar-refractivity contribution in [3.8, 4) is 17.2 Å². The average molecular weight is 398 g/mol. The number of carbonyl (C=O) groups excluding carboxylic acids is 2. The summed E-state index contributed by atoms with van der Waals surface area (Å²) in [6.45, 7) is 5.58. The molecule has 0 saturated carbocycles. The lowest BCUT2D eigenvalue weighted by Gasteiger charge is -2.15. The number of hydrazine groups is 1. The molecule has 29 heavy (non-hydrogen) atoms. The Bertz CT molecular complexity index is 908. The van der Waals surface area contributed by atoms with Gasteiger partial charge in [0.2, 0.25) is 0 Å². The van der Waals surface area contributed by atoms with E-state index in [1.54, 1.807) is 44.4 Å². The number of methoxy groups -OCH3 is 2. The molecule has 0 aliphatic heterocycles. The summed E-state index contributed by atoms with van der Waals surface area (Å²) in [6, 6.07) is 10.9. The Labute approximate surface area is 170 Å². The molecule has 2 N–H and O–H groups in total. The Morgan fingerprint density at radius 2 is 1.66 bits per heavy atom. The first-order valence-corrected chi connectivity index (χ1v) is 9.08. The Balaban J connectivity index is 1.86. The standard InChI is InChI=1S/C22H26N2O5/c1-14-6-9-18(12-15(14)2)29-16(3)22(26)24-23-21(25)11-8-17-7-10-19(27-4)20(13-17)28-5/h6-13,16H,1-5H3,(H,23,25)(H,24,26)/b11-8+. The van der Waals surface area contributed by atoms with Gasteiger partial charge in [-0.2, -0.15) is 0 Å². The highest BCUT2D eigenvalue weighted by atomic mass is 16.5. The van der Waals surface area contributed by atoms with E-state index in [0.717, 1.165) is 16.7 Å². The van der Waals surface area contributed by atoms with Crippen LogP contribution in [-0.4, -0.2) is 32.1 Å². The number of aryl methyl sites for hydroxylation is 2. The number of benzene rings is 2. The van der Waals surface area contributed by atoms with Crippen molar-refractivity contribution in [3.63, 3.8) is 0 Å². The van der Waals surface area contributed by atoms with Gasteiger partial charge in [-0.3, -0.25) is 20.4 Å². The van der Waals surface area contributed by atoms with Gasteiger partial charge in [0, 0.05) is 6.08 Å². The maximum absolute atomic E-state index is 12.1. The molecule has 0 aliphatic carbocycles. The van der Waals surface area contributed by atoms with Crippen LogP contribution in [0.1, 0.15) is 23.6 Å². The van der Waals surface area contributed by atoms with Crippen molar-refractivity contribution >= 4 is 17.9 Å². The first-order chi connectivity index (χ1) is 13.8. The van der Waals surface area contributed by atoms with E-state index in [1.165, 1.54) is 13.2 Å². The topological polar surface area (TPSA) is 85.9 Å². The first kappa shape index (κ1) is 21.8. The summed E-state index contributed by atoms with van der Waals surface area (Å²) in [7, 11) is 3.09. The van der Waals surface area contributed by atoms with Gasteiger partial charge >= 0.3 is 0 Å². The lowest BCUT2D eigenvalue weighted by molar-refractivity contribution is -0.131. The first-order valence-electron chi connectivity index (χ1n) is 9.08. The summed E-state index contributed by atoms with van der Waals surface area (Å²) in [5.41, 5.74) is 7.64. The lowest BCUT2D eigenvalue weighted by atomic mass is 10.1. The molecule has 0 radical (unpaired) electrons. The zero-order chi connectivity index (χ0) is 21.4. The zero-order valence-electron chi connectivity index (χ0n) is 17.2. The fourth-order valence-electron chi connectivity index (χ4n) is 2.44. The Kier molecular flexibility index (Phi) is 7.65. The summed E-state index contributed by atoms with van der Waals surface area (Å²) >= 11 is 0. The molecular formula is C22H26N2O5. The van der Waals surface area contributed by atoms with Crippen molar-refractivity contribution in [1.82, 2.24) is 10.9 Å². The van der Waals surface area contributed by atoms with Crippen LogP contribution in [-0.2, 0) is 9.59 Å². The zero-order valence-corrected chi connectivity index (χ0v) is 17.2. The second kappa shape index (κ2) is 10.2. The van der Waals surface area contributed by atoms with Crippen LogP contribution in [0, 0.1) is 13.8 Å². The summed E-state index contributed by atoms with van der Waals surface area (Å²) in [5, 5.41) is 0. The molecule has 2 aromatic carbocycles. The largest absolute Gasteiger partial charge is 0.493 e. The lowest BCUT2D eigenvalue weighted by Crippen LogP contribution is -2.46. The second-order valence-electron chi connectivity index (χ2n) is 6.43. The summed E-state index contributed by atoms with van der Waals surface area (Å²) < 4.78 is 16.0. The van der Waals surface area contributed by atoms with Crippen molar-refractivity contribution in [1.29, 1.82) is 0 Å². The van der Waals surface area contributed by atoms with Crippen molar-refractivity contribution in [2.45, 2.75) is 26.9 Å². The number of nitrogens with one attached hydrogen (secondary N) is 2. The van der Waals surface area contributed by atoms with Crippen molar-refractivity contribution in [2.75, 3.05) is 14.2 Å². The van der Waals surface area contributed by atoms with Crippen LogP contribution in [0.4, 0.5) is 0 Å². The van der Waals surface area contributed by atoms with Gasteiger partial charge in [-0.1, -0.05) is 12.1 Å². The minimum absolute atomic E-state index is 0.462. The van der Waals surface area contributed by atoms with Gasteiger partial charge in [-0.05, 0) is 67.8 Å². The fourth-order valence-corrected chi connectivity index (χ4v) is 2.44. The van der Waals surface area contributed by atoms with E-state index in [9.17, 15) is 9.59 Å². The number of ether oxygens (including phenoxy) is 3. The molecule has 0 fully saturated rings. The second-order valence-corrected chi connectivity index (χ2v) is 6.43. The van der Waals surface area contributed by atoms with Gasteiger partial charge in [0.15, 0.2) is 17.6 Å². The maximum atomic E-state index is 12.1. The molecule has 0 spiro atoms. The molecule has 2 rings (SSSR count). The summed E-state index contributed by atoms with van der Waals surface area (Å²) in [5.74, 6) is 0.804. The van der Waals surface area contributed by atoms with Crippen LogP contribution in [0.5, 0.6) is 17.2 Å². The molecule has 0 aliphatic rings. The predicted molar refractivity (Wildman–Crippen MR) is 111 cm³/mol. The third-order valence-electron chi connectivity index (χ3n) is 4.30. The average Bonchev–Trinajstić information content (AvgIpc) is 2.72. The predicted octanol–water partition coefficient (Wildman–Crippen LogP) is 2.95. The monoisotopic (exact) mass is 398 g/mol. The molecule has 1 atom stereocenters. The van der Waals surface area contributed by atoms with Crippen LogP contribution in [0.3, 0.4) is 0 Å². The highest BCUT2D eigenvalue weighted by molar-refractivity contribution is 5.93. The third-order valence-corrected chi connectivity index (χ3v) is 4.30. The van der Waals surface area contributed by atoms with Crippen LogP contribution in [0.15, 0.2) is 42.5 Å². The van der Waals surface area contributed by atoms with E-state index in [0.29, 0.717) is 17.2 Å². The Morgan fingerprint density at radius 3 is 2.31 bits per heavy atom. The molecule has 2 aromatic rings. The third kappa shape index (κ3) is 6.27. The molecule has 0 heterocycles. The van der Waals surface area contributed by atoms with Gasteiger partial charge in [-0.15, -0.1) is 0 Å². The molecule has 7 nitrogen and oxygen atoms in total. The van der Waals surface area contributed by atoms with Gasteiger partial charge in [0.25, 0.3) is 11.8 Å². The minimum Gasteiger partial charge on any atom is -0.493 e. The molecule has 7 heteroatoms. The molecule has 0 saturated heterocycles. The Hall–Kier alpha value is -3.48. The van der Waals surface area contributed by atoms with Gasteiger partial charge in [0.05, 0.1) is 14.2 Å². The molecule has 154 valence electrons. The van der Waals surface area contributed by atoms with E-state index in [4.69, 9.17) is 14.2 Å². The summed E-state index contributed by atoms with van der Waals surface area (Å²) in [4.78, 5) is 24.1. The molecule has 1 unspecified atom stereocenters. The molecule has 0 aromatic heterocycles. The number of rotatable bonds is 7. The van der Waals surface area contributed by atoms with E-state index in [1.807, 2.05) is 26.0 Å². The van der Waals surface area contributed by atoms with Gasteiger partial charge in [-0.25, -0.2) is 0 Å². The minimum atomic E-state index is -0.771. The van der Waals surface area contributed by atoms with E-state index in [-0.39, 0.29) is 0 Å². The number of hydrogen-bond acceptors (Lipinski definition) is 5. The van der Waals surface area contributed by atoms with Crippen LogP contribution in [0.2, 0.25) is 0 Å². The van der Waals surface area contributed by atoms with E-state index < -0.39 is 17.9 Å². The van der Waals surface area contributed by atoms with Crippen molar-refractivity contribution < 1.29 is 23.8 Å². The highest BCUT2D eigenvalue weighted by Gasteiger charge is 2.15. The quantitative estimate of drug-likeness (QED) is 0.553. The number of hydrogen-bond donors (Lipinski definition) is 2. The maximum Gasteiger partial charge on any atom is 0.279 e. The highest BCUT2D eigenvalue weighted by Crippen LogP contribution is 2.27. The normalized spacial score (nSPS) is 11.6. The SMILES string of the molecule is COc1ccc(/C=C/C(=O)NNC(=O)C(C)Oc2ccc(C)c(C)c2)cc1OC. The number of carbonyl (C=O) groups is 2. The smallest absolute Gasteiger partial charge is 0.279 e. The molecule has 0 bridgehead atoms.